The van der Waals surface area contributed by atoms with Gasteiger partial charge in [0.05, 0.1) is 12.2 Å². The standard InChI is InChI=1S/C12H15F3N4O2.HI/c1-8(20)17-6-7-18-11(16)19-9-4-2-3-5-10(9)21-12(13,14)15;/h2-5H,6-7H2,1H3,(H,17,20)(H3,16,18,19);1H. The van der Waals surface area contributed by atoms with E-state index in [2.05, 4.69) is 20.4 Å². The molecule has 124 valence electrons. The number of rotatable bonds is 5. The second-order valence-corrected chi connectivity index (χ2v) is 3.92. The van der Waals surface area contributed by atoms with Gasteiger partial charge in [-0.1, -0.05) is 12.1 Å². The van der Waals surface area contributed by atoms with E-state index >= 15 is 0 Å². The Morgan fingerprint density at radius 2 is 2.00 bits per heavy atom. The van der Waals surface area contributed by atoms with E-state index in [-0.39, 0.29) is 54.6 Å². The van der Waals surface area contributed by atoms with Crippen LogP contribution in [0.3, 0.4) is 0 Å². The highest BCUT2D eigenvalue weighted by Gasteiger charge is 2.32. The van der Waals surface area contributed by atoms with Crippen LogP contribution in [0.5, 0.6) is 5.75 Å². The molecule has 1 rings (SSSR count). The number of carbonyl (C=O) groups is 1. The van der Waals surface area contributed by atoms with Gasteiger partial charge in [-0.3, -0.25) is 9.79 Å². The van der Waals surface area contributed by atoms with Crippen LogP contribution in [0.2, 0.25) is 0 Å². The van der Waals surface area contributed by atoms with Gasteiger partial charge in [-0.25, -0.2) is 0 Å². The third-order valence-corrected chi connectivity index (χ3v) is 2.14. The van der Waals surface area contributed by atoms with Crippen LogP contribution in [0.15, 0.2) is 29.3 Å². The third kappa shape index (κ3) is 8.54. The number of nitrogens with one attached hydrogen (secondary N) is 2. The highest BCUT2D eigenvalue weighted by Crippen LogP contribution is 2.29. The molecule has 1 amide bonds. The summed E-state index contributed by atoms with van der Waals surface area (Å²) < 4.78 is 40.6. The van der Waals surface area contributed by atoms with Crippen molar-refractivity contribution in [1.82, 2.24) is 5.32 Å². The van der Waals surface area contributed by atoms with E-state index in [1.807, 2.05) is 0 Å². The first-order valence-corrected chi connectivity index (χ1v) is 5.94. The number of benzene rings is 1. The zero-order valence-electron chi connectivity index (χ0n) is 11.6. The lowest BCUT2D eigenvalue weighted by atomic mass is 10.3. The Balaban J connectivity index is 0.00000441. The average molecular weight is 432 g/mol. The van der Waals surface area contributed by atoms with Crippen molar-refractivity contribution in [3.05, 3.63) is 24.3 Å². The quantitative estimate of drug-likeness (QED) is 0.288. The number of halogens is 4. The molecule has 0 saturated carbocycles. The van der Waals surface area contributed by atoms with Crippen molar-refractivity contribution in [3.63, 3.8) is 0 Å². The minimum absolute atomic E-state index is 0. The molecule has 1 aromatic rings. The molecule has 10 heteroatoms. The molecule has 0 aliphatic carbocycles. The van der Waals surface area contributed by atoms with Gasteiger partial charge in [0.15, 0.2) is 11.7 Å². The number of para-hydroxylation sites is 2. The van der Waals surface area contributed by atoms with E-state index in [4.69, 9.17) is 5.73 Å². The summed E-state index contributed by atoms with van der Waals surface area (Å²) in [5.74, 6) is -0.704. The summed E-state index contributed by atoms with van der Waals surface area (Å²) in [7, 11) is 0. The molecule has 0 unspecified atom stereocenters. The summed E-state index contributed by atoms with van der Waals surface area (Å²) in [6, 6.07) is 5.45. The number of aliphatic imine (C=N–C) groups is 1. The zero-order valence-corrected chi connectivity index (χ0v) is 13.9. The minimum Gasteiger partial charge on any atom is -0.404 e. The van der Waals surface area contributed by atoms with E-state index in [1.54, 1.807) is 0 Å². The molecule has 0 fully saturated rings. The fraction of sp³-hybridized carbons (Fsp3) is 0.333. The monoisotopic (exact) mass is 432 g/mol. The summed E-state index contributed by atoms with van der Waals surface area (Å²) >= 11 is 0. The second kappa shape index (κ2) is 9.33. The minimum atomic E-state index is -4.80. The molecule has 0 radical (unpaired) electrons. The molecule has 4 N–H and O–H groups in total. The van der Waals surface area contributed by atoms with Crippen molar-refractivity contribution in [3.8, 4) is 5.75 Å². The van der Waals surface area contributed by atoms with Crippen LogP contribution in [0, 0.1) is 0 Å². The number of ether oxygens (including phenoxy) is 1. The van der Waals surface area contributed by atoms with Gasteiger partial charge in [-0.05, 0) is 12.1 Å². The Morgan fingerprint density at radius 1 is 1.36 bits per heavy atom. The largest absolute Gasteiger partial charge is 0.573 e. The maximum atomic E-state index is 12.2. The zero-order chi connectivity index (χ0) is 15.9. The molecule has 0 aliphatic heterocycles. The predicted molar refractivity (Wildman–Crippen MR) is 87.3 cm³/mol. The smallest absolute Gasteiger partial charge is 0.404 e. The van der Waals surface area contributed by atoms with E-state index in [1.165, 1.54) is 25.1 Å². The molecule has 0 spiro atoms. The van der Waals surface area contributed by atoms with Crippen LogP contribution < -0.4 is 21.1 Å². The molecule has 0 saturated heterocycles. The Kier molecular flexibility index (Phi) is 8.60. The number of alkyl halides is 3. The summed E-state index contributed by atoms with van der Waals surface area (Å²) in [4.78, 5) is 14.5. The summed E-state index contributed by atoms with van der Waals surface area (Å²) in [5, 5.41) is 5.02. The number of nitrogens with two attached hydrogens (primary N) is 1. The van der Waals surface area contributed by atoms with Crippen molar-refractivity contribution < 1.29 is 22.7 Å². The number of anilines is 1. The van der Waals surface area contributed by atoms with Crippen molar-refractivity contribution in [2.24, 2.45) is 10.7 Å². The van der Waals surface area contributed by atoms with Gasteiger partial charge in [-0.2, -0.15) is 0 Å². The Bertz CT molecular complexity index is 523. The van der Waals surface area contributed by atoms with Crippen LogP contribution in [-0.2, 0) is 4.79 Å². The molecule has 0 aliphatic rings. The highest BCUT2D eigenvalue weighted by atomic mass is 127. The number of hydrogen-bond donors (Lipinski definition) is 3. The van der Waals surface area contributed by atoms with Gasteiger partial charge in [0.25, 0.3) is 0 Å². The van der Waals surface area contributed by atoms with Crippen LogP contribution in [0.4, 0.5) is 18.9 Å². The maximum Gasteiger partial charge on any atom is 0.573 e. The molecule has 0 bridgehead atoms. The second-order valence-electron chi connectivity index (χ2n) is 3.92. The Hall–Kier alpha value is -1.72. The lowest BCUT2D eigenvalue weighted by Crippen LogP contribution is -2.27. The normalized spacial score (nSPS) is 11.4. The molecular formula is C12H16F3IN4O2. The molecule has 0 heterocycles. The Labute approximate surface area is 142 Å². The van der Waals surface area contributed by atoms with E-state index in [0.717, 1.165) is 6.07 Å². The molecule has 0 atom stereocenters. The first kappa shape index (κ1) is 20.3. The summed E-state index contributed by atoms with van der Waals surface area (Å²) in [6.45, 7) is 1.83. The highest BCUT2D eigenvalue weighted by molar-refractivity contribution is 14.0. The first-order valence-electron chi connectivity index (χ1n) is 5.94. The number of carbonyl (C=O) groups excluding carboxylic acids is 1. The van der Waals surface area contributed by atoms with E-state index in [0.29, 0.717) is 0 Å². The Morgan fingerprint density at radius 3 is 2.59 bits per heavy atom. The van der Waals surface area contributed by atoms with Crippen LogP contribution in [0.25, 0.3) is 0 Å². The molecule has 6 nitrogen and oxygen atoms in total. The number of guanidine groups is 1. The fourth-order valence-corrected chi connectivity index (χ4v) is 1.37. The molecule has 22 heavy (non-hydrogen) atoms. The number of hydrogen-bond acceptors (Lipinski definition) is 3. The first-order chi connectivity index (χ1) is 9.78. The van der Waals surface area contributed by atoms with Crippen LogP contribution in [0.1, 0.15) is 6.92 Å². The number of amides is 1. The van der Waals surface area contributed by atoms with Gasteiger partial charge < -0.3 is 21.1 Å². The lowest BCUT2D eigenvalue weighted by Gasteiger charge is -2.14. The molecule has 1 aromatic carbocycles. The van der Waals surface area contributed by atoms with Gasteiger partial charge in [0, 0.05) is 13.5 Å². The van der Waals surface area contributed by atoms with Crippen LogP contribution >= 0.6 is 24.0 Å². The third-order valence-electron chi connectivity index (χ3n) is 2.14. The van der Waals surface area contributed by atoms with Crippen molar-refractivity contribution in [2.75, 3.05) is 18.4 Å². The summed E-state index contributed by atoms with van der Waals surface area (Å²) in [6.07, 6.45) is -4.80. The lowest BCUT2D eigenvalue weighted by molar-refractivity contribution is -0.274. The maximum absolute atomic E-state index is 12.2. The predicted octanol–water partition coefficient (Wildman–Crippen LogP) is 2.07. The number of nitrogens with zero attached hydrogens (tertiary/aromatic N) is 1. The fourth-order valence-electron chi connectivity index (χ4n) is 1.37. The average Bonchev–Trinajstić information content (AvgIpc) is 2.35. The summed E-state index contributed by atoms with van der Waals surface area (Å²) in [5.41, 5.74) is 5.58. The van der Waals surface area contributed by atoms with Crippen molar-refractivity contribution >= 4 is 41.5 Å². The van der Waals surface area contributed by atoms with Crippen molar-refractivity contribution in [1.29, 1.82) is 0 Å². The topological polar surface area (TPSA) is 88.7 Å². The van der Waals surface area contributed by atoms with Gasteiger partial charge in [-0.15, -0.1) is 37.1 Å². The van der Waals surface area contributed by atoms with Crippen LogP contribution in [-0.4, -0.2) is 31.3 Å². The van der Waals surface area contributed by atoms with E-state index in [9.17, 15) is 18.0 Å². The molecular weight excluding hydrogens is 416 g/mol. The van der Waals surface area contributed by atoms with Gasteiger partial charge in [0.2, 0.25) is 5.91 Å². The van der Waals surface area contributed by atoms with Crippen molar-refractivity contribution in [2.45, 2.75) is 13.3 Å². The SMILES string of the molecule is CC(=O)NCCN=C(N)Nc1ccccc1OC(F)(F)F.I. The van der Waals surface area contributed by atoms with E-state index < -0.39 is 12.1 Å². The van der Waals surface area contributed by atoms with Gasteiger partial charge >= 0.3 is 6.36 Å². The molecule has 0 aromatic heterocycles. The van der Waals surface area contributed by atoms with Gasteiger partial charge in [0.1, 0.15) is 0 Å².